The molecule has 0 aliphatic heterocycles. The van der Waals surface area contributed by atoms with Crippen molar-refractivity contribution in [1.29, 1.82) is 0 Å². The van der Waals surface area contributed by atoms with Crippen LogP contribution in [0.2, 0.25) is 5.31 Å². The van der Waals surface area contributed by atoms with E-state index in [1.165, 1.54) is 12.0 Å². The zero-order valence-electron chi connectivity index (χ0n) is 11.5. The van der Waals surface area contributed by atoms with Crippen molar-refractivity contribution >= 4 is 7.28 Å². The molecule has 0 N–H and O–H groups in total. The van der Waals surface area contributed by atoms with Gasteiger partial charge in [-0.2, -0.15) is 0 Å². The fraction of sp³-hybridized carbons (Fsp3) is 0.643. The van der Waals surface area contributed by atoms with Gasteiger partial charge in [-0.3, -0.25) is 0 Å². The molecule has 0 fully saturated rings. The monoisotopic (exact) mass is 217 g/mol. The third kappa shape index (κ3) is 3.36. The summed E-state index contributed by atoms with van der Waals surface area (Å²) in [5.41, 5.74) is 1.37. The maximum absolute atomic E-state index is 2.47. The van der Waals surface area contributed by atoms with Gasteiger partial charge in [0.05, 0.1) is 0 Å². The van der Waals surface area contributed by atoms with Crippen LogP contribution < -0.4 is 4.57 Å². The smallest absolute Gasteiger partial charge is 0.171 e. The zero-order valence-corrected chi connectivity index (χ0v) is 11.5. The van der Waals surface area contributed by atoms with Crippen LogP contribution >= 0.6 is 0 Å². The lowest BCUT2D eigenvalue weighted by atomic mass is 9.39. The van der Waals surface area contributed by atoms with Gasteiger partial charge >= 0.3 is 0 Å². The number of aryl methyl sites for hydroxylation is 1. The van der Waals surface area contributed by atoms with Crippen LogP contribution in [0.4, 0.5) is 0 Å². The lowest BCUT2D eigenvalue weighted by Crippen LogP contribution is -2.36. The van der Waals surface area contributed by atoms with Gasteiger partial charge in [-0.05, 0) is 11.4 Å². The molecule has 1 heterocycles. The van der Waals surface area contributed by atoms with Gasteiger partial charge in [0.25, 0.3) is 0 Å². The number of nitrogens with zero attached hydrogens (tertiary/aromatic N) is 1. The van der Waals surface area contributed by atoms with Crippen molar-refractivity contribution in [3.05, 3.63) is 30.1 Å². The molecule has 16 heavy (non-hydrogen) atoms. The Labute approximate surface area is 101 Å². The number of hydrogen-bond donors (Lipinski definition) is 0. The summed E-state index contributed by atoms with van der Waals surface area (Å²) in [6.07, 6.45) is 5.46. The molecule has 0 aliphatic rings. The Kier molecular flexibility index (Phi) is 3.82. The molecule has 0 saturated heterocycles. The molecule has 0 bridgehead atoms. The van der Waals surface area contributed by atoms with Gasteiger partial charge in [-0.25, -0.2) is 4.57 Å². The van der Waals surface area contributed by atoms with E-state index in [0.717, 1.165) is 0 Å². The van der Waals surface area contributed by atoms with Crippen LogP contribution in [-0.4, -0.2) is 7.28 Å². The third-order valence-electron chi connectivity index (χ3n) is 3.35. The molecule has 1 aromatic heterocycles. The number of aromatic nitrogens is 1. The molecule has 1 radical (unpaired) electrons. The molecule has 0 amide bonds. The van der Waals surface area contributed by atoms with E-state index in [-0.39, 0.29) is 10.6 Å². The fourth-order valence-corrected chi connectivity index (χ4v) is 2.13. The Morgan fingerprint density at radius 1 is 1.25 bits per heavy atom. The first-order valence-electron chi connectivity index (χ1n) is 6.10. The zero-order chi connectivity index (χ0) is 12.4. The number of rotatable bonds is 4. The van der Waals surface area contributed by atoms with Gasteiger partial charge in [-0.15, -0.1) is 0 Å². The second-order valence-electron chi connectivity index (χ2n) is 5.97. The van der Waals surface area contributed by atoms with Gasteiger partial charge in [0.15, 0.2) is 12.4 Å². The van der Waals surface area contributed by atoms with Gasteiger partial charge in [0, 0.05) is 11.6 Å². The van der Waals surface area contributed by atoms with E-state index >= 15 is 0 Å². The summed E-state index contributed by atoms with van der Waals surface area (Å²) in [5.74, 6) is 0. The molecular formula is C14H24BN+. The molecular weight excluding hydrogens is 193 g/mol. The second-order valence-corrected chi connectivity index (χ2v) is 5.97. The van der Waals surface area contributed by atoms with Crippen molar-refractivity contribution in [3.63, 3.8) is 0 Å². The van der Waals surface area contributed by atoms with E-state index < -0.39 is 0 Å². The molecule has 0 aromatic carbocycles. The molecule has 2 heteroatoms. The number of pyridine rings is 1. The minimum absolute atomic E-state index is 0.124. The van der Waals surface area contributed by atoms with Crippen LogP contribution in [-0.2, 0) is 12.4 Å². The molecule has 1 rings (SSSR count). The quantitative estimate of drug-likeness (QED) is 0.539. The first-order chi connectivity index (χ1) is 7.27. The fourth-order valence-electron chi connectivity index (χ4n) is 2.13. The average molecular weight is 217 g/mol. The lowest BCUT2D eigenvalue weighted by molar-refractivity contribution is -0.672. The SMILES string of the molecule is CCC(C)(C)[B]C(C)(C)c1ccc[n+](C)c1. The first kappa shape index (κ1) is 13.3. The van der Waals surface area contributed by atoms with Gasteiger partial charge in [0.2, 0.25) is 0 Å². The summed E-state index contributed by atoms with van der Waals surface area (Å²) in [6.45, 7) is 11.4. The van der Waals surface area contributed by atoms with Crippen LogP contribution in [0.5, 0.6) is 0 Å². The van der Waals surface area contributed by atoms with Crippen molar-refractivity contribution in [2.75, 3.05) is 0 Å². The highest BCUT2D eigenvalue weighted by atomic mass is 14.9. The topological polar surface area (TPSA) is 3.88 Å². The summed E-state index contributed by atoms with van der Waals surface area (Å²) in [5, 5.41) is 0.413. The van der Waals surface area contributed by atoms with E-state index in [2.05, 4.69) is 78.0 Å². The number of hydrogen-bond acceptors (Lipinski definition) is 0. The predicted octanol–water partition coefficient (Wildman–Crippen LogP) is 3.06. The van der Waals surface area contributed by atoms with E-state index in [1.54, 1.807) is 0 Å². The standard InChI is InChI=1S/C14H24BN/c1-7-13(2,3)15-14(4,5)12-9-8-10-16(6)11-12/h8-11H,7H2,1-6H3/q+1. The van der Waals surface area contributed by atoms with Crippen LogP contribution in [0.1, 0.15) is 46.6 Å². The first-order valence-corrected chi connectivity index (χ1v) is 6.10. The summed E-state index contributed by atoms with van der Waals surface area (Å²) < 4.78 is 2.11. The van der Waals surface area contributed by atoms with E-state index in [4.69, 9.17) is 0 Å². The molecule has 87 valence electrons. The average Bonchev–Trinajstić information content (AvgIpc) is 2.16. The van der Waals surface area contributed by atoms with Crippen LogP contribution in [0.3, 0.4) is 0 Å². The highest BCUT2D eigenvalue weighted by molar-refractivity contribution is 6.43. The molecule has 0 unspecified atom stereocenters. The van der Waals surface area contributed by atoms with Gasteiger partial charge in [-0.1, -0.05) is 46.4 Å². The molecule has 1 nitrogen and oxygen atoms in total. The molecule has 0 atom stereocenters. The van der Waals surface area contributed by atoms with E-state index in [9.17, 15) is 0 Å². The molecule has 0 spiro atoms. The Morgan fingerprint density at radius 3 is 2.38 bits per heavy atom. The normalized spacial score (nSPS) is 12.6. The highest BCUT2D eigenvalue weighted by Crippen LogP contribution is 2.35. The Morgan fingerprint density at radius 2 is 1.88 bits per heavy atom. The third-order valence-corrected chi connectivity index (χ3v) is 3.35. The van der Waals surface area contributed by atoms with Crippen LogP contribution in [0.25, 0.3) is 0 Å². The summed E-state index contributed by atoms with van der Waals surface area (Å²) in [4.78, 5) is 0. The van der Waals surface area contributed by atoms with Gasteiger partial charge in [0.1, 0.15) is 14.3 Å². The predicted molar refractivity (Wildman–Crippen MR) is 70.7 cm³/mol. The second kappa shape index (κ2) is 4.61. The summed E-state index contributed by atoms with van der Waals surface area (Å²) >= 11 is 0. The van der Waals surface area contributed by atoms with Crippen molar-refractivity contribution in [1.82, 2.24) is 0 Å². The largest absolute Gasteiger partial charge is 0.208 e. The maximum atomic E-state index is 2.47. The van der Waals surface area contributed by atoms with Crippen molar-refractivity contribution in [2.45, 2.75) is 51.7 Å². The molecule has 0 saturated carbocycles. The lowest BCUT2D eigenvalue weighted by Gasteiger charge is -2.32. The van der Waals surface area contributed by atoms with Crippen molar-refractivity contribution in [3.8, 4) is 0 Å². The summed E-state index contributed by atoms with van der Waals surface area (Å²) in [7, 11) is 4.54. The highest BCUT2D eigenvalue weighted by Gasteiger charge is 2.31. The van der Waals surface area contributed by atoms with Crippen LogP contribution in [0, 0.1) is 0 Å². The minimum Gasteiger partial charge on any atom is -0.208 e. The Hall–Kier alpha value is -0.785. The van der Waals surface area contributed by atoms with Crippen molar-refractivity contribution in [2.24, 2.45) is 7.05 Å². The van der Waals surface area contributed by atoms with Crippen molar-refractivity contribution < 1.29 is 4.57 Å². The Balaban J connectivity index is 2.93. The van der Waals surface area contributed by atoms with Crippen LogP contribution in [0.15, 0.2) is 24.5 Å². The minimum atomic E-state index is 0.124. The Bertz CT molecular complexity index is 356. The van der Waals surface area contributed by atoms with E-state index in [1.807, 2.05) is 0 Å². The van der Waals surface area contributed by atoms with E-state index in [0.29, 0.717) is 0 Å². The molecule has 1 aromatic rings. The maximum Gasteiger partial charge on any atom is 0.171 e. The van der Waals surface area contributed by atoms with Gasteiger partial charge < -0.3 is 0 Å². The summed E-state index contributed by atoms with van der Waals surface area (Å²) in [6, 6.07) is 4.33. The molecule has 0 aliphatic carbocycles.